The lowest BCUT2D eigenvalue weighted by atomic mass is 10.1. The maximum absolute atomic E-state index is 9.10. The second-order valence-corrected chi connectivity index (χ2v) is 2.81. The number of aliphatic hydroxyl groups excluding tert-OH is 2. The van der Waals surface area contributed by atoms with E-state index in [4.69, 9.17) is 14.9 Å². The third-order valence-corrected chi connectivity index (χ3v) is 1.88. The van der Waals surface area contributed by atoms with Crippen LogP contribution >= 0.6 is 0 Å². The van der Waals surface area contributed by atoms with Crippen LogP contribution in [0.2, 0.25) is 0 Å². The van der Waals surface area contributed by atoms with Gasteiger partial charge in [-0.2, -0.15) is 0 Å². The third-order valence-electron chi connectivity index (χ3n) is 1.88. The largest absolute Gasteiger partial charge is 0.394 e. The number of hydrogen-bond donors (Lipinski definition) is 2. The molecule has 1 fully saturated rings. The van der Waals surface area contributed by atoms with E-state index in [-0.39, 0.29) is 18.8 Å². The Kier molecular flexibility index (Phi) is 2.65. The summed E-state index contributed by atoms with van der Waals surface area (Å²) < 4.78 is 5.30. The van der Waals surface area contributed by atoms with Gasteiger partial charge in [0.25, 0.3) is 0 Å². The molecule has 0 radical (unpaired) electrons. The SMILES string of the molecule is C[C@H]1CC[C@@H](C(O)CO)O1. The lowest BCUT2D eigenvalue weighted by molar-refractivity contribution is -0.0490. The van der Waals surface area contributed by atoms with Gasteiger partial charge >= 0.3 is 0 Å². The fraction of sp³-hybridized carbons (Fsp3) is 1.00. The van der Waals surface area contributed by atoms with E-state index >= 15 is 0 Å². The molecule has 1 aliphatic heterocycles. The lowest BCUT2D eigenvalue weighted by Gasteiger charge is -2.15. The molecule has 3 atom stereocenters. The minimum absolute atomic E-state index is 0.139. The van der Waals surface area contributed by atoms with Gasteiger partial charge in [0, 0.05) is 0 Å². The van der Waals surface area contributed by atoms with Crippen LogP contribution in [-0.2, 0) is 4.74 Å². The van der Waals surface area contributed by atoms with Gasteiger partial charge in [-0.15, -0.1) is 0 Å². The monoisotopic (exact) mass is 146 g/mol. The molecule has 0 saturated carbocycles. The van der Waals surface area contributed by atoms with Gasteiger partial charge in [-0.3, -0.25) is 0 Å². The highest BCUT2D eigenvalue weighted by atomic mass is 16.5. The smallest absolute Gasteiger partial charge is 0.103 e. The first-order valence-corrected chi connectivity index (χ1v) is 3.68. The van der Waals surface area contributed by atoms with E-state index in [1.54, 1.807) is 0 Å². The first-order valence-electron chi connectivity index (χ1n) is 3.68. The second-order valence-electron chi connectivity index (χ2n) is 2.81. The predicted molar refractivity (Wildman–Crippen MR) is 36.7 cm³/mol. The molecule has 0 amide bonds. The van der Waals surface area contributed by atoms with Crippen molar-refractivity contribution in [1.29, 1.82) is 0 Å². The second kappa shape index (κ2) is 3.32. The van der Waals surface area contributed by atoms with Crippen molar-refractivity contribution in [2.75, 3.05) is 6.61 Å². The van der Waals surface area contributed by atoms with E-state index in [0.717, 1.165) is 12.8 Å². The molecule has 60 valence electrons. The average Bonchev–Trinajstić information content (AvgIpc) is 2.34. The fourth-order valence-corrected chi connectivity index (χ4v) is 1.23. The van der Waals surface area contributed by atoms with Crippen molar-refractivity contribution in [1.82, 2.24) is 0 Å². The highest BCUT2D eigenvalue weighted by molar-refractivity contribution is 4.76. The zero-order valence-corrected chi connectivity index (χ0v) is 6.16. The van der Waals surface area contributed by atoms with Gasteiger partial charge in [-0.1, -0.05) is 0 Å². The molecule has 1 saturated heterocycles. The molecule has 1 heterocycles. The Balaban J connectivity index is 2.29. The van der Waals surface area contributed by atoms with Gasteiger partial charge in [0.1, 0.15) is 6.10 Å². The number of rotatable bonds is 2. The van der Waals surface area contributed by atoms with Crippen molar-refractivity contribution in [3.05, 3.63) is 0 Å². The molecule has 1 rings (SSSR count). The Labute approximate surface area is 60.6 Å². The van der Waals surface area contributed by atoms with Crippen LogP contribution in [0.1, 0.15) is 19.8 Å². The van der Waals surface area contributed by atoms with Crippen LogP contribution in [0.3, 0.4) is 0 Å². The molecular weight excluding hydrogens is 132 g/mol. The molecule has 0 aliphatic carbocycles. The highest BCUT2D eigenvalue weighted by Crippen LogP contribution is 2.21. The van der Waals surface area contributed by atoms with Crippen LogP contribution in [0.25, 0.3) is 0 Å². The minimum Gasteiger partial charge on any atom is -0.394 e. The molecule has 0 spiro atoms. The molecule has 3 heteroatoms. The summed E-state index contributed by atoms with van der Waals surface area (Å²) in [6.45, 7) is 1.78. The number of hydrogen-bond acceptors (Lipinski definition) is 3. The van der Waals surface area contributed by atoms with E-state index in [0.29, 0.717) is 0 Å². The Morgan fingerprint density at radius 3 is 2.70 bits per heavy atom. The summed E-state index contributed by atoms with van der Waals surface area (Å²) in [5, 5.41) is 17.7. The van der Waals surface area contributed by atoms with Gasteiger partial charge in [-0.25, -0.2) is 0 Å². The van der Waals surface area contributed by atoms with Gasteiger partial charge in [-0.05, 0) is 19.8 Å². The summed E-state index contributed by atoms with van der Waals surface area (Å²) in [4.78, 5) is 0. The molecule has 0 aromatic heterocycles. The molecule has 10 heavy (non-hydrogen) atoms. The molecule has 3 nitrogen and oxygen atoms in total. The average molecular weight is 146 g/mol. The van der Waals surface area contributed by atoms with E-state index in [2.05, 4.69) is 0 Å². The maximum Gasteiger partial charge on any atom is 0.103 e. The van der Waals surface area contributed by atoms with E-state index < -0.39 is 6.10 Å². The van der Waals surface area contributed by atoms with E-state index in [9.17, 15) is 0 Å². The predicted octanol–water partition coefficient (Wildman–Crippen LogP) is -0.0929. The first kappa shape index (κ1) is 7.98. The third kappa shape index (κ3) is 1.68. The van der Waals surface area contributed by atoms with Crippen LogP contribution in [-0.4, -0.2) is 35.1 Å². The lowest BCUT2D eigenvalue weighted by Crippen LogP contribution is -2.29. The van der Waals surface area contributed by atoms with Crippen LogP contribution in [0.15, 0.2) is 0 Å². The standard InChI is InChI=1S/C7H14O3/c1-5-2-3-7(10-5)6(9)4-8/h5-9H,2-4H2,1H3/t5-,6?,7-/m0/s1. The number of aliphatic hydroxyl groups is 2. The van der Waals surface area contributed by atoms with Crippen LogP contribution in [0.5, 0.6) is 0 Å². The van der Waals surface area contributed by atoms with Crippen molar-refractivity contribution in [3.8, 4) is 0 Å². The first-order chi connectivity index (χ1) is 4.74. The van der Waals surface area contributed by atoms with Crippen molar-refractivity contribution in [3.63, 3.8) is 0 Å². The summed E-state index contributed by atoms with van der Waals surface area (Å²) in [7, 11) is 0. The zero-order valence-electron chi connectivity index (χ0n) is 6.16. The zero-order chi connectivity index (χ0) is 7.56. The van der Waals surface area contributed by atoms with Crippen LogP contribution < -0.4 is 0 Å². The topological polar surface area (TPSA) is 49.7 Å². The summed E-state index contributed by atoms with van der Waals surface area (Å²) in [6, 6.07) is 0. The Bertz CT molecular complexity index is 105. The Morgan fingerprint density at radius 1 is 1.60 bits per heavy atom. The van der Waals surface area contributed by atoms with E-state index in [1.165, 1.54) is 0 Å². The molecule has 1 aliphatic rings. The quantitative estimate of drug-likeness (QED) is 0.572. The molecule has 2 N–H and O–H groups in total. The van der Waals surface area contributed by atoms with Crippen LogP contribution in [0.4, 0.5) is 0 Å². The maximum atomic E-state index is 9.10. The highest BCUT2D eigenvalue weighted by Gasteiger charge is 2.27. The van der Waals surface area contributed by atoms with Gasteiger partial charge in [0.15, 0.2) is 0 Å². The van der Waals surface area contributed by atoms with Gasteiger partial charge in [0.2, 0.25) is 0 Å². The fourth-order valence-electron chi connectivity index (χ4n) is 1.23. The summed E-state index contributed by atoms with van der Waals surface area (Å²) in [5.74, 6) is 0. The molecule has 0 aromatic carbocycles. The molecule has 0 bridgehead atoms. The summed E-state index contributed by atoms with van der Waals surface area (Å²) in [6.07, 6.45) is 1.26. The van der Waals surface area contributed by atoms with Crippen molar-refractivity contribution in [2.24, 2.45) is 0 Å². The molecular formula is C7H14O3. The summed E-state index contributed by atoms with van der Waals surface area (Å²) in [5.41, 5.74) is 0. The molecule has 0 aromatic rings. The minimum atomic E-state index is -0.690. The van der Waals surface area contributed by atoms with Crippen molar-refractivity contribution >= 4 is 0 Å². The summed E-state index contributed by atoms with van der Waals surface area (Å²) >= 11 is 0. The van der Waals surface area contributed by atoms with E-state index in [1.807, 2.05) is 6.92 Å². The van der Waals surface area contributed by atoms with Gasteiger partial charge < -0.3 is 14.9 Å². The van der Waals surface area contributed by atoms with Crippen molar-refractivity contribution < 1.29 is 14.9 Å². The Morgan fingerprint density at radius 2 is 2.30 bits per heavy atom. The van der Waals surface area contributed by atoms with Crippen LogP contribution in [0, 0.1) is 0 Å². The van der Waals surface area contributed by atoms with Gasteiger partial charge in [0.05, 0.1) is 18.8 Å². The number of ether oxygens (including phenoxy) is 1. The Hall–Kier alpha value is -0.120. The molecule has 1 unspecified atom stereocenters. The normalized spacial score (nSPS) is 36.3. The van der Waals surface area contributed by atoms with Crippen molar-refractivity contribution in [2.45, 2.75) is 38.1 Å².